The molecule has 3 nitrogen and oxygen atoms in total. The van der Waals surface area contributed by atoms with Gasteiger partial charge in [-0.2, -0.15) is 0 Å². The van der Waals surface area contributed by atoms with Crippen LogP contribution >= 0.6 is 0 Å². The predicted octanol–water partition coefficient (Wildman–Crippen LogP) is 2.96. The van der Waals surface area contributed by atoms with Crippen LogP contribution < -0.4 is 4.74 Å². The van der Waals surface area contributed by atoms with Crippen LogP contribution in [0.2, 0.25) is 0 Å². The van der Waals surface area contributed by atoms with Gasteiger partial charge in [-0.15, -0.1) is 0 Å². The number of hydrogen-bond donors (Lipinski definition) is 1. The van der Waals surface area contributed by atoms with E-state index in [4.69, 9.17) is 4.74 Å². The summed E-state index contributed by atoms with van der Waals surface area (Å²) in [5.41, 5.74) is 2.52. The minimum Gasteiger partial charge on any atom is -0.496 e. The van der Waals surface area contributed by atoms with Crippen molar-refractivity contribution >= 4 is 0 Å². The molecule has 1 atom stereocenters. The first-order chi connectivity index (χ1) is 8.96. The molecule has 3 heteroatoms. The second kappa shape index (κ2) is 5.02. The third-order valence-electron chi connectivity index (χ3n) is 3.37. The smallest absolute Gasteiger partial charge is 0.125 e. The molecule has 0 saturated heterocycles. The van der Waals surface area contributed by atoms with Gasteiger partial charge in [-0.05, 0) is 44.0 Å². The van der Waals surface area contributed by atoms with E-state index in [0.717, 1.165) is 22.3 Å². The molecule has 0 bridgehead atoms. The van der Waals surface area contributed by atoms with Gasteiger partial charge in [0.25, 0.3) is 0 Å². The number of benzene rings is 1. The monoisotopic (exact) mass is 257 g/mol. The summed E-state index contributed by atoms with van der Waals surface area (Å²) in [5, 5.41) is 10.9. The van der Waals surface area contributed by atoms with E-state index >= 15 is 0 Å². The van der Waals surface area contributed by atoms with Crippen LogP contribution in [0.15, 0.2) is 36.7 Å². The van der Waals surface area contributed by atoms with Crippen molar-refractivity contribution in [3.8, 4) is 5.75 Å². The molecule has 0 radical (unpaired) electrons. The Morgan fingerprint density at radius 3 is 2.58 bits per heavy atom. The summed E-state index contributed by atoms with van der Waals surface area (Å²) in [6.45, 7) is 5.76. The maximum atomic E-state index is 10.9. The Bertz CT molecular complexity index is 577. The molecule has 1 N–H and O–H groups in total. The standard InChI is InChI=1S/C16H19NO2/c1-11-8-12(2)15(14(9-11)19-4)16(3,18)13-6-5-7-17-10-13/h5-10,18H,1-4H3. The molecule has 1 aromatic carbocycles. The number of nitrogens with zero attached hydrogens (tertiary/aromatic N) is 1. The van der Waals surface area contributed by atoms with Crippen molar-refractivity contribution in [2.75, 3.05) is 7.11 Å². The zero-order valence-corrected chi connectivity index (χ0v) is 11.8. The van der Waals surface area contributed by atoms with Gasteiger partial charge in [0.15, 0.2) is 0 Å². The SMILES string of the molecule is COc1cc(C)cc(C)c1C(C)(O)c1cccnc1. The zero-order chi connectivity index (χ0) is 14.0. The van der Waals surface area contributed by atoms with Gasteiger partial charge < -0.3 is 9.84 Å². The summed E-state index contributed by atoms with van der Waals surface area (Å²) in [6.07, 6.45) is 3.37. The maximum Gasteiger partial charge on any atom is 0.125 e. The van der Waals surface area contributed by atoms with Crippen LogP contribution in [-0.2, 0) is 5.60 Å². The highest BCUT2D eigenvalue weighted by molar-refractivity contribution is 5.50. The molecule has 1 heterocycles. The van der Waals surface area contributed by atoms with Gasteiger partial charge in [-0.1, -0.05) is 12.1 Å². The molecular formula is C16H19NO2. The van der Waals surface area contributed by atoms with Crippen molar-refractivity contribution < 1.29 is 9.84 Å². The topological polar surface area (TPSA) is 42.4 Å². The van der Waals surface area contributed by atoms with Gasteiger partial charge in [-0.3, -0.25) is 4.98 Å². The van der Waals surface area contributed by atoms with E-state index in [1.165, 1.54) is 0 Å². The van der Waals surface area contributed by atoms with Crippen LogP contribution in [0.25, 0.3) is 0 Å². The van der Waals surface area contributed by atoms with E-state index in [1.807, 2.05) is 38.1 Å². The fraction of sp³-hybridized carbons (Fsp3) is 0.312. The van der Waals surface area contributed by atoms with Gasteiger partial charge in [0.1, 0.15) is 11.4 Å². The Morgan fingerprint density at radius 2 is 2.00 bits per heavy atom. The number of aryl methyl sites for hydroxylation is 2. The van der Waals surface area contributed by atoms with Crippen LogP contribution in [0.1, 0.15) is 29.2 Å². The summed E-state index contributed by atoms with van der Waals surface area (Å²) in [7, 11) is 1.62. The number of ether oxygens (including phenoxy) is 1. The minimum absolute atomic E-state index is 0.700. The lowest BCUT2D eigenvalue weighted by Gasteiger charge is -2.28. The number of hydrogen-bond acceptors (Lipinski definition) is 3. The van der Waals surface area contributed by atoms with Gasteiger partial charge in [0, 0.05) is 23.5 Å². The van der Waals surface area contributed by atoms with Crippen LogP contribution in [0.3, 0.4) is 0 Å². The molecule has 1 unspecified atom stereocenters. The van der Waals surface area contributed by atoms with E-state index in [2.05, 4.69) is 4.98 Å². The van der Waals surface area contributed by atoms with Crippen molar-refractivity contribution in [2.45, 2.75) is 26.4 Å². The Balaban J connectivity index is 2.64. The first kappa shape index (κ1) is 13.6. The van der Waals surface area contributed by atoms with Crippen LogP contribution in [0.5, 0.6) is 5.75 Å². The van der Waals surface area contributed by atoms with Crippen molar-refractivity contribution in [3.63, 3.8) is 0 Å². The minimum atomic E-state index is -1.13. The Labute approximate surface area is 113 Å². The summed E-state index contributed by atoms with van der Waals surface area (Å²) < 4.78 is 5.43. The number of rotatable bonds is 3. The predicted molar refractivity (Wildman–Crippen MR) is 75.4 cm³/mol. The number of pyridine rings is 1. The number of aromatic nitrogens is 1. The van der Waals surface area contributed by atoms with Gasteiger partial charge in [0.2, 0.25) is 0 Å². The van der Waals surface area contributed by atoms with Crippen molar-refractivity contribution in [1.82, 2.24) is 4.98 Å². The molecule has 19 heavy (non-hydrogen) atoms. The number of aliphatic hydroxyl groups is 1. The fourth-order valence-electron chi connectivity index (χ4n) is 2.51. The fourth-order valence-corrected chi connectivity index (χ4v) is 2.51. The highest BCUT2D eigenvalue weighted by Crippen LogP contribution is 2.38. The molecule has 0 aliphatic rings. The molecule has 2 aromatic rings. The molecule has 0 aliphatic carbocycles. The average molecular weight is 257 g/mol. The Kier molecular flexibility index (Phi) is 3.58. The lowest BCUT2D eigenvalue weighted by Crippen LogP contribution is -2.25. The normalized spacial score (nSPS) is 13.9. The Morgan fingerprint density at radius 1 is 1.26 bits per heavy atom. The molecular weight excluding hydrogens is 238 g/mol. The summed E-state index contributed by atoms with van der Waals surface area (Å²) in [4.78, 5) is 4.08. The maximum absolute atomic E-state index is 10.9. The van der Waals surface area contributed by atoms with E-state index < -0.39 is 5.60 Å². The second-order valence-electron chi connectivity index (χ2n) is 4.97. The van der Waals surface area contributed by atoms with Crippen LogP contribution in [0, 0.1) is 13.8 Å². The zero-order valence-electron chi connectivity index (χ0n) is 11.8. The summed E-state index contributed by atoms with van der Waals surface area (Å²) in [5.74, 6) is 0.700. The van der Waals surface area contributed by atoms with E-state index in [9.17, 15) is 5.11 Å². The van der Waals surface area contributed by atoms with Gasteiger partial charge >= 0.3 is 0 Å². The highest BCUT2D eigenvalue weighted by Gasteiger charge is 2.31. The molecule has 0 fully saturated rings. The number of methoxy groups -OCH3 is 1. The third kappa shape index (κ3) is 2.47. The van der Waals surface area contributed by atoms with Crippen molar-refractivity contribution in [3.05, 3.63) is 58.9 Å². The van der Waals surface area contributed by atoms with E-state index in [-0.39, 0.29) is 0 Å². The largest absolute Gasteiger partial charge is 0.496 e. The summed E-state index contributed by atoms with van der Waals surface area (Å²) in [6, 6.07) is 7.67. The first-order valence-electron chi connectivity index (χ1n) is 6.25. The molecule has 2 rings (SSSR count). The van der Waals surface area contributed by atoms with E-state index in [0.29, 0.717) is 5.75 Å². The molecule has 0 amide bonds. The van der Waals surface area contributed by atoms with Crippen LogP contribution in [-0.4, -0.2) is 17.2 Å². The first-order valence-corrected chi connectivity index (χ1v) is 6.25. The average Bonchev–Trinajstić information content (AvgIpc) is 2.38. The molecule has 1 aromatic heterocycles. The summed E-state index contributed by atoms with van der Waals surface area (Å²) >= 11 is 0. The van der Waals surface area contributed by atoms with Gasteiger partial charge in [0.05, 0.1) is 7.11 Å². The quantitative estimate of drug-likeness (QED) is 0.919. The van der Waals surface area contributed by atoms with Gasteiger partial charge in [-0.25, -0.2) is 0 Å². The van der Waals surface area contributed by atoms with Crippen molar-refractivity contribution in [1.29, 1.82) is 0 Å². The molecule has 0 aliphatic heterocycles. The van der Waals surface area contributed by atoms with Crippen molar-refractivity contribution in [2.24, 2.45) is 0 Å². The lowest BCUT2D eigenvalue weighted by molar-refractivity contribution is 0.0978. The lowest BCUT2D eigenvalue weighted by atomic mass is 9.85. The molecule has 0 spiro atoms. The molecule has 0 saturated carbocycles. The third-order valence-corrected chi connectivity index (χ3v) is 3.37. The Hall–Kier alpha value is -1.87. The highest BCUT2D eigenvalue weighted by atomic mass is 16.5. The molecule has 100 valence electrons. The van der Waals surface area contributed by atoms with E-state index in [1.54, 1.807) is 26.4 Å². The second-order valence-corrected chi connectivity index (χ2v) is 4.97. The van der Waals surface area contributed by atoms with Crippen LogP contribution in [0.4, 0.5) is 0 Å².